The minimum absolute atomic E-state index is 0.0839. The van der Waals surface area contributed by atoms with Crippen LogP contribution in [-0.4, -0.2) is 33.7 Å². The molecule has 2 aromatic rings. The van der Waals surface area contributed by atoms with Crippen LogP contribution in [0.1, 0.15) is 29.2 Å². The first-order chi connectivity index (χ1) is 11.0. The van der Waals surface area contributed by atoms with Crippen LogP contribution in [0.5, 0.6) is 5.75 Å². The molecule has 2 rings (SSSR count). The van der Waals surface area contributed by atoms with Gasteiger partial charge in [0.05, 0.1) is 6.54 Å². The third kappa shape index (κ3) is 4.69. The summed E-state index contributed by atoms with van der Waals surface area (Å²) >= 11 is 0. The predicted molar refractivity (Wildman–Crippen MR) is 87.3 cm³/mol. The second-order valence-corrected chi connectivity index (χ2v) is 5.40. The van der Waals surface area contributed by atoms with Gasteiger partial charge >= 0.3 is 0 Å². The smallest absolute Gasteiger partial charge is 0.251 e. The molecule has 0 aliphatic heterocycles. The van der Waals surface area contributed by atoms with Crippen LogP contribution in [0.3, 0.4) is 0 Å². The second kappa shape index (κ2) is 7.60. The van der Waals surface area contributed by atoms with E-state index in [9.17, 15) is 9.90 Å². The number of hydrogen-bond acceptors (Lipinski definition) is 4. The highest BCUT2D eigenvalue weighted by Crippen LogP contribution is 2.14. The van der Waals surface area contributed by atoms with Crippen LogP contribution in [0.2, 0.25) is 0 Å². The molecule has 1 heterocycles. The molecule has 0 radical (unpaired) electrons. The molecule has 23 heavy (non-hydrogen) atoms. The van der Waals surface area contributed by atoms with Crippen LogP contribution in [-0.2, 0) is 7.05 Å². The van der Waals surface area contributed by atoms with Gasteiger partial charge in [0.15, 0.2) is 0 Å². The van der Waals surface area contributed by atoms with Crippen molar-refractivity contribution in [1.29, 1.82) is 0 Å². The van der Waals surface area contributed by atoms with Gasteiger partial charge in [-0.05, 0) is 30.7 Å². The van der Waals surface area contributed by atoms with Gasteiger partial charge in [0.2, 0.25) is 0 Å². The number of aryl methyl sites for hydroxylation is 1. The number of benzene rings is 1. The molecule has 2 N–H and O–H groups in total. The molecule has 1 aromatic carbocycles. The quantitative estimate of drug-likeness (QED) is 0.764. The summed E-state index contributed by atoms with van der Waals surface area (Å²) in [4.78, 5) is 16.2. The van der Waals surface area contributed by atoms with E-state index in [4.69, 9.17) is 4.74 Å². The fourth-order valence-electron chi connectivity index (χ4n) is 2.01. The lowest BCUT2D eigenvalue weighted by Gasteiger charge is -2.12. The van der Waals surface area contributed by atoms with Gasteiger partial charge in [-0.3, -0.25) is 4.79 Å². The molecule has 0 saturated heterocycles. The molecular weight excluding hydrogens is 294 g/mol. The lowest BCUT2D eigenvalue weighted by Crippen LogP contribution is -2.29. The van der Waals surface area contributed by atoms with E-state index in [-0.39, 0.29) is 12.5 Å². The Labute approximate surface area is 135 Å². The summed E-state index contributed by atoms with van der Waals surface area (Å²) in [5.41, 5.74) is 1.37. The number of nitrogens with one attached hydrogen (secondary N) is 1. The third-order valence-electron chi connectivity index (χ3n) is 3.19. The highest BCUT2D eigenvalue weighted by molar-refractivity contribution is 5.94. The summed E-state index contributed by atoms with van der Waals surface area (Å²) in [5, 5.41) is 12.7. The number of aliphatic hydroxyl groups is 1. The zero-order chi connectivity index (χ0) is 16.8. The predicted octanol–water partition coefficient (Wildman–Crippen LogP) is 1.84. The Balaban J connectivity index is 1.94. The normalized spacial score (nSPS) is 11.8. The molecule has 0 aliphatic rings. The van der Waals surface area contributed by atoms with Crippen molar-refractivity contribution in [2.24, 2.45) is 7.05 Å². The zero-order valence-electron chi connectivity index (χ0n) is 13.3. The minimum Gasteiger partial charge on any atom is -0.489 e. The van der Waals surface area contributed by atoms with Crippen molar-refractivity contribution < 1.29 is 14.6 Å². The first-order valence-corrected chi connectivity index (χ1v) is 7.28. The monoisotopic (exact) mass is 315 g/mol. The van der Waals surface area contributed by atoms with Gasteiger partial charge in [0, 0.05) is 25.0 Å². The summed E-state index contributed by atoms with van der Waals surface area (Å²) in [6, 6.07) is 6.88. The second-order valence-electron chi connectivity index (χ2n) is 5.40. The molecule has 0 bridgehead atoms. The van der Waals surface area contributed by atoms with Gasteiger partial charge in [-0.25, -0.2) is 4.98 Å². The average Bonchev–Trinajstić information content (AvgIpc) is 2.96. The van der Waals surface area contributed by atoms with Crippen molar-refractivity contribution in [3.8, 4) is 5.75 Å². The first kappa shape index (κ1) is 16.8. The van der Waals surface area contributed by atoms with Crippen molar-refractivity contribution in [2.45, 2.75) is 13.0 Å². The van der Waals surface area contributed by atoms with Gasteiger partial charge in [-0.2, -0.15) is 0 Å². The fraction of sp³-hybridized carbons (Fsp3) is 0.294. The molecule has 0 spiro atoms. The van der Waals surface area contributed by atoms with Crippen molar-refractivity contribution in [3.05, 3.63) is 60.2 Å². The fourth-order valence-corrected chi connectivity index (χ4v) is 2.01. The average molecular weight is 315 g/mol. The maximum absolute atomic E-state index is 12.2. The number of nitrogens with zero attached hydrogens (tertiary/aromatic N) is 2. The standard InChI is InChI=1S/C17H21N3O3/c1-12(2)11-23-14-6-4-5-13(9-14)17(22)19-10-15(21)16-18-7-8-20(16)3/h4-9,15,21H,1,10-11H2,2-3H3,(H,19,22). The van der Waals surface area contributed by atoms with E-state index in [1.807, 2.05) is 6.92 Å². The topological polar surface area (TPSA) is 76.4 Å². The van der Waals surface area contributed by atoms with Crippen LogP contribution >= 0.6 is 0 Å². The number of carbonyl (C=O) groups is 1. The van der Waals surface area contributed by atoms with Crippen LogP contribution < -0.4 is 10.1 Å². The van der Waals surface area contributed by atoms with E-state index < -0.39 is 6.10 Å². The number of imidazole rings is 1. The Hall–Kier alpha value is -2.60. The van der Waals surface area contributed by atoms with E-state index in [1.54, 1.807) is 48.3 Å². The van der Waals surface area contributed by atoms with Crippen LogP contribution in [0, 0.1) is 0 Å². The molecule has 122 valence electrons. The first-order valence-electron chi connectivity index (χ1n) is 7.28. The van der Waals surface area contributed by atoms with E-state index in [2.05, 4.69) is 16.9 Å². The Morgan fingerprint density at radius 3 is 2.96 bits per heavy atom. The Morgan fingerprint density at radius 2 is 2.30 bits per heavy atom. The SMILES string of the molecule is C=C(C)COc1cccc(C(=O)NCC(O)c2nccn2C)c1. The van der Waals surface area contributed by atoms with E-state index in [0.717, 1.165) is 5.57 Å². The Bertz CT molecular complexity index is 694. The van der Waals surface area contributed by atoms with Crippen LogP contribution in [0.4, 0.5) is 0 Å². The van der Waals surface area contributed by atoms with Crippen molar-refractivity contribution in [2.75, 3.05) is 13.2 Å². The zero-order valence-corrected chi connectivity index (χ0v) is 13.3. The summed E-state index contributed by atoms with van der Waals surface area (Å²) in [6.07, 6.45) is 2.48. The number of aliphatic hydroxyl groups excluding tert-OH is 1. The molecule has 1 unspecified atom stereocenters. The highest BCUT2D eigenvalue weighted by Gasteiger charge is 2.14. The molecule has 6 nitrogen and oxygen atoms in total. The molecule has 6 heteroatoms. The minimum atomic E-state index is -0.859. The summed E-state index contributed by atoms with van der Waals surface area (Å²) < 4.78 is 7.23. The van der Waals surface area contributed by atoms with Crippen LogP contribution in [0.25, 0.3) is 0 Å². The molecule has 0 aliphatic carbocycles. The van der Waals surface area contributed by atoms with Crippen molar-refractivity contribution in [1.82, 2.24) is 14.9 Å². The lowest BCUT2D eigenvalue weighted by atomic mass is 10.2. The van der Waals surface area contributed by atoms with Crippen LogP contribution in [0.15, 0.2) is 48.8 Å². The molecule has 0 saturated carbocycles. The molecule has 1 amide bonds. The summed E-state index contributed by atoms with van der Waals surface area (Å²) in [5.74, 6) is 0.827. The molecule has 0 fully saturated rings. The van der Waals surface area contributed by atoms with Gasteiger partial charge in [0.25, 0.3) is 5.91 Å². The lowest BCUT2D eigenvalue weighted by molar-refractivity contribution is 0.0909. The van der Waals surface area contributed by atoms with E-state index in [1.165, 1.54) is 0 Å². The van der Waals surface area contributed by atoms with E-state index in [0.29, 0.717) is 23.7 Å². The highest BCUT2D eigenvalue weighted by atomic mass is 16.5. The maximum Gasteiger partial charge on any atom is 0.251 e. The third-order valence-corrected chi connectivity index (χ3v) is 3.19. The number of carbonyl (C=O) groups excluding carboxylic acids is 1. The number of rotatable bonds is 7. The van der Waals surface area contributed by atoms with Gasteiger partial charge < -0.3 is 19.7 Å². The summed E-state index contributed by atoms with van der Waals surface area (Å²) in [6.45, 7) is 6.13. The molecule has 1 aromatic heterocycles. The number of amides is 1. The summed E-state index contributed by atoms with van der Waals surface area (Å²) in [7, 11) is 1.79. The van der Waals surface area contributed by atoms with E-state index >= 15 is 0 Å². The number of hydrogen-bond donors (Lipinski definition) is 2. The maximum atomic E-state index is 12.2. The van der Waals surface area contributed by atoms with Crippen molar-refractivity contribution in [3.63, 3.8) is 0 Å². The van der Waals surface area contributed by atoms with Gasteiger partial charge in [-0.15, -0.1) is 0 Å². The Kier molecular flexibility index (Phi) is 5.54. The largest absolute Gasteiger partial charge is 0.489 e. The molecule has 1 atom stereocenters. The number of aromatic nitrogens is 2. The van der Waals surface area contributed by atoms with Gasteiger partial charge in [-0.1, -0.05) is 12.6 Å². The van der Waals surface area contributed by atoms with Gasteiger partial charge in [0.1, 0.15) is 24.3 Å². The molecular formula is C17H21N3O3. The van der Waals surface area contributed by atoms with Crippen molar-refractivity contribution >= 4 is 5.91 Å². The number of ether oxygens (including phenoxy) is 1. The Morgan fingerprint density at radius 1 is 1.52 bits per heavy atom.